The molecule has 3 aliphatic heterocycles. The van der Waals surface area contributed by atoms with Gasteiger partial charge < -0.3 is 60.0 Å². The van der Waals surface area contributed by atoms with Crippen molar-refractivity contribution in [3.63, 3.8) is 0 Å². The lowest BCUT2D eigenvalue weighted by Crippen LogP contribution is -2.65. The Bertz CT molecular complexity index is 2940. The van der Waals surface area contributed by atoms with Gasteiger partial charge in [-0.2, -0.15) is 13.2 Å². The smallest absolute Gasteiger partial charge is 0.343 e. The molecule has 0 radical (unpaired) electrons. The second-order valence-corrected chi connectivity index (χ2v) is 32.0. The summed E-state index contributed by atoms with van der Waals surface area (Å²) in [5, 5.41) is 7.68. The predicted octanol–water partition coefficient (Wildman–Crippen LogP) is 6.87. The molecule has 3 N–H and O–H groups in total. The highest BCUT2D eigenvalue weighted by molar-refractivity contribution is 6.21. The molecule has 102 heavy (non-hydrogen) atoms. The van der Waals surface area contributed by atoms with E-state index in [1.54, 1.807) is 18.7 Å². The molecule has 3 saturated heterocycles. The normalized spacial score (nSPS) is 29.8. The minimum Gasteiger partial charge on any atom is -0.343 e. The molecule has 7 fully saturated rings. The molecule has 7 rings (SSSR count). The van der Waals surface area contributed by atoms with Gasteiger partial charge in [-0.1, -0.05) is 98.3 Å². The molecule has 0 aromatic heterocycles. The molecule has 28 heteroatoms. The Hall–Kier alpha value is -6.28. The number of carbonyl (C=O) groups is 12. The van der Waals surface area contributed by atoms with Crippen molar-refractivity contribution >= 4 is 82.5 Å². The molecule has 576 valence electrons. The highest BCUT2D eigenvalue weighted by Crippen LogP contribution is 2.44. The molecule has 12 amide bonds. The van der Waals surface area contributed by atoms with Crippen LogP contribution in [0.2, 0.25) is 0 Å². The largest absolute Gasteiger partial charge is 0.393 e. The molecule has 3 unspecified atom stereocenters. The van der Waals surface area contributed by atoms with Crippen LogP contribution in [-0.4, -0.2) is 262 Å². The van der Waals surface area contributed by atoms with E-state index in [-0.39, 0.29) is 95.1 Å². The quantitative estimate of drug-likeness (QED) is 0.169. The van der Waals surface area contributed by atoms with E-state index < -0.39 is 174 Å². The molecular weight excluding hydrogens is 1340 g/mol. The van der Waals surface area contributed by atoms with Gasteiger partial charge in [-0.25, -0.2) is 0 Å². The Morgan fingerprint density at radius 1 is 0.588 bits per heavy atom. The Morgan fingerprint density at radius 3 is 1.79 bits per heavy atom. The third-order valence-electron chi connectivity index (χ3n) is 23.6. The van der Waals surface area contributed by atoms with Gasteiger partial charge in [0.2, 0.25) is 70.9 Å². The third-order valence-corrected chi connectivity index (χ3v) is 24.1. The van der Waals surface area contributed by atoms with Crippen LogP contribution in [0.5, 0.6) is 0 Å². The summed E-state index contributed by atoms with van der Waals surface area (Å²) in [7, 11) is 8.70. The first kappa shape index (κ1) is 83.0. The number of hydrogen-bond acceptors (Lipinski definition) is 12. The van der Waals surface area contributed by atoms with Gasteiger partial charge in [-0.3, -0.25) is 57.5 Å². The molecule has 0 bridgehead atoms. The summed E-state index contributed by atoms with van der Waals surface area (Å²) in [5.74, 6) is -10.4. The molecule has 4 saturated carbocycles. The minimum atomic E-state index is -4.51. The fraction of sp³-hybridized carbons (Fsp3) is 0.838. The van der Waals surface area contributed by atoms with Crippen molar-refractivity contribution in [3.8, 4) is 0 Å². The number of alkyl halides is 4. The van der Waals surface area contributed by atoms with Crippen LogP contribution < -0.4 is 16.0 Å². The predicted molar refractivity (Wildman–Crippen MR) is 379 cm³/mol. The van der Waals surface area contributed by atoms with E-state index in [4.69, 9.17) is 11.6 Å². The first-order chi connectivity index (χ1) is 48.2. The van der Waals surface area contributed by atoms with E-state index in [1.807, 2.05) is 20.8 Å². The molecule has 1 spiro atoms. The van der Waals surface area contributed by atoms with Gasteiger partial charge in [-0.05, 0) is 139 Å². The summed E-state index contributed by atoms with van der Waals surface area (Å²) in [6, 6.07) is -8.50. The topological polar surface area (TPSA) is 270 Å². The van der Waals surface area contributed by atoms with Crippen molar-refractivity contribution in [2.75, 3.05) is 88.1 Å². The molecule has 11 atom stereocenters. The van der Waals surface area contributed by atoms with E-state index in [0.29, 0.717) is 64.5 Å². The monoisotopic (exact) mass is 1460 g/mol. The van der Waals surface area contributed by atoms with Gasteiger partial charge >= 0.3 is 6.18 Å². The van der Waals surface area contributed by atoms with Crippen molar-refractivity contribution in [2.45, 2.75) is 274 Å². The summed E-state index contributed by atoms with van der Waals surface area (Å²) >= 11 is 6.42. The van der Waals surface area contributed by atoms with E-state index in [0.717, 1.165) is 62.7 Å². The summed E-state index contributed by atoms with van der Waals surface area (Å²) in [6.07, 6.45) is 8.01. The van der Waals surface area contributed by atoms with E-state index in [9.17, 15) is 37.1 Å². The number of nitrogens with zero attached hydrogens (tertiary/aromatic N) is 9. The molecule has 4 aliphatic carbocycles. The molecule has 3 heterocycles. The Balaban J connectivity index is 1.28. The maximum atomic E-state index is 15.8. The van der Waals surface area contributed by atoms with Gasteiger partial charge in [0.1, 0.15) is 47.8 Å². The number of rotatable bonds is 12. The lowest BCUT2D eigenvalue weighted by molar-refractivity contribution is -0.182. The Morgan fingerprint density at radius 2 is 1.20 bits per heavy atom. The molecular formula is C74H120ClF3N12O12. The summed E-state index contributed by atoms with van der Waals surface area (Å²) < 4.78 is 42.1. The van der Waals surface area contributed by atoms with E-state index >= 15 is 33.6 Å². The number of likely N-dealkylation sites (N-methyl/N-ethyl adjacent to an activating group) is 7. The molecule has 0 aromatic carbocycles. The third kappa shape index (κ3) is 21.0. The van der Waals surface area contributed by atoms with Gasteiger partial charge in [0, 0.05) is 73.8 Å². The number of fused-ring (bicyclic) bond motifs is 1. The fourth-order valence-corrected chi connectivity index (χ4v) is 17.7. The zero-order valence-electron chi connectivity index (χ0n) is 62.8. The van der Waals surface area contributed by atoms with Gasteiger partial charge in [0.15, 0.2) is 0 Å². The number of hydrogen-bond donors (Lipinski definition) is 3. The van der Waals surface area contributed by atoms with Crippen LogP contribution in [0, 0.1) is 35.5 Å². The highest BCUT2D eigenvalue weighted by Gasteiger charge is 2.52. The van der Waals surface area contributed by atoms with Crippen LogP contribution in [0.25, 0.3) is 0 Å². The lowest BCUT2D eigenvalue weighted by atomic mass is 9.78. The van der Waals surface area contributed by atoms with Crippen molar-refractivity contribution in [1.82, 2.24) is 60.0 Å². The summed E-state index contributed by atoms with van der Waals surface area (Å²) in [5.41, 5.74) is -1.55. The van der Waals surface area contributed by atoms with E-state index in [1.165, 1.54) is 76.6 Å². The zero-order valence-corrected chi connectivity index (χ0v) is 63.5. The fourth-order valence-electron chi connectivity index (χ4n) is 17.1. The first-order valence-electron chi connectivity index (χ1n) is 38.3. The maximum absolute atomic E-state index is 15.8. The average Bonchev–Trinajstić information content (AvgIpc) is 1.01. The second-order valence-electron chi connectivity index (χ2n) is 31.4. The maximum Gasteiger partial charge on any atom is 0.393 e. The summed E-state index contributed by atoms with van der Waals surface area (Å²) in [6.45, 7) is 8.36. The molecule has 7 aliphatic rings. The molecule has 0 aromatic rings. The second kappa shape index (κ2) is 37.6. The lowest BCUT2D eigenvalue weighted by Gasteiger charge is -2.43. The number of amides is 12. The minimum absolute atomic E-state index is 0.00352. The SMILES string of the molecule is CC[C@H](C)[C@@H]1NC(=O)[C@H](CC(C)C)N(C)C(=O)C[C@@H](C(=O)N2CCCCC2)N(C)C(=O)[C@H](C2CCCCC2)N(C)C(=O)C2(CCCC2)NC(=O)[C@@H]2CCCN2C(=O)[C@H](CCC2CCC(C(F)(F)F)C(Cl)C2)NC(=O)CN(C)C(=O)[C@H](CC2CCCCC2)N(CC)C(=O)CN(C)C(=O)CN(C)C1=O. The number of piperidine rings is 1. The van der Waals surface area contributed by atoms with Crippen LogP contribution in [0.3, 0.4) is 0 Å². The van der Waals surface area contributed by atoms with Crippen LogP contribution in [0.4, 0.5) is 13.2 Å². The molecule has 24 nitrogen and oxygen atoms in total. The van der Waals surface area contributed by atoms with Crippen LogP contribution in [0.1, 0.15) is 214 Å². The number of likely N-dealkylation sites (tertiary alicyclic amines) is 1. The number of carbonyl (C=O) groups excluding carboxylic acids is 12. The van der Waals surface area contributed by atoms with Crippen molar-refractivity contribution < 1.29 is 70.7 Å². The van der Waals surface area contributed by atoms with Crippen LogP contribution in [-0.2, 0) is 57.5 Å². The van der Waals surface area contributed by atoms with Crippen molar-refractivity contribution in [3.05, 3.63) is 0 Å². The van der Waals surface area contributed by atoms with Gasteiger partial charge in [0.05, 0.1) is 32.0 Å². The van der Waals surface area contributed by atoms with Gasteiger partial charge in [-0.15, -0.1) is 11.6 Å². The highest BCUT2D eigenvalue weighted by atomic mass is 35.5. The Labute approximate surface area is 608 Å². The zero-order chi connectivity index (χ0) is 75.1. The van der Waals surface area contributed by atoms with Crippen molar-refractivity contribution in [1.29, 1.82) is 0 Å². The average molecular weight is 1460 g/mol. The van der Waals surface area contributed by atoms with Crippen molar-refractivity contribution in [2.24, 2.45) is 35.5 Å². The van der Waals surface area contributed by atoms with Gasteiger partial charge in [0.25, 0.3) is 0 Å². The first-order valence-corrected chi connectivity index (χ1v) is 38.7. The van der Waals surface area contributed by atoms with Crippen LogP contribution in [0.15, 0.2) is 0 Å². The van der Waals surface area contributed by atoms with Crippen LogP contribution >= 0.6 is 11.6 Å². The Kier molecular flexibility index (Phi) is 30.6. The standard InChI is InChI=1S/C74H120ClF3N12O12/c1-12-48(5)63-70(100)84(8)45-61(93)82(6)46-62(94)89(13-2)58(42-49-26-17-14-18-27-49)68(98)83(7)44-59(91)79-54(34-32-50-31-33-52(53(75)41-50)74(76,77)78)67(97)90-39-25-30-55(90)66(96)81-73(35-21-22-36-73)72(102)87(11)64(51-28-19-15-20-29-51)71(101)86(10)57(69(99)88-37-23-16-24-38-88)43-60(92)85(9)56(40-47(3)4)65(95)80-63/h47-58,63-64H,12-46H2,1-11H3,(H,79,91)(H,80,95)(H,81,96)/t48-,50?,52?,53?,54-,55-,56-,57-,58-,63-,64-/m0/s1. The number of nitrogens with one attached hydrogen (secondary N) is 3. The summed E-state index contributed by atoms with van der Waals surface area (Å²) in [4.78, 5) is 192. The van der Waals surface area contributed by atoms with E-state index in [2.05, 4.69) is 16.0 Å². The number of halogens is 4.